The van der Waals surface area contributed by atoms with E-state index in [4.69, 9.17) is 0 Å². The molecule has 0 saturated heterocycles. The summed E-state index contributed by atoms with van der Waals surface area (Å²) in [5.74, 6) is 0.849. The van der Waals surface area contributed by atoms with Crippen LogP contribution in [0.5, 0.6) is 0 Å². The molecule has 2 aromatic rings. The molecule has 88 valence electrons. The second kappa shape index (κ2) is 5.19. The summed E-state index contributed by atoms with van der Waals surface area (Å²) < 4.78 is 2.12. The predicted octanol–water partition coefficient (Wildman–Crippen LogP) is 4.97. The molecule has 0 bridgehead atoms. The maximum atomic E-state index is 4.31. The van der Waals surface area contributed by atoms with Crippen molar-refractivity contribution in [3.63, 3.8) is 0 Å². The van der Waals surface area contributed by atoms with Crippen LogP contribution in [0.2, 0.25) is 0 Å². The molecule has 0 aliphatic heterocycles. The molecule has 0 radical (unpaired) electrons. The van der Waals surface area contributed by atoms with Gasteiger partial charge in [0.1, 0.15) is 5.82 Å². The average molecular weight is 356 g/mol. The zero-order valence-electron chi connectivity index (χ0n) is 9.59. The number of aryl methyl sites for hydroxylation is 2. The van der Waals surface area contributed by atoms with E-state index in [1.165, 1.54) is 5.56 Å². The van der Waals surface area contributed by atoms with Crippen molar-refractivity contribution < 1.29 is 0 Å². The molecule has 0 fully saturated rings. The molecule has 1 aromatic heterocycles. The summed E-state index contributed by atoms with van der Waals surface area (Å²) in [6.07, 6.45) is 1.81. The van der Waals surface area contributed by atoms with Gasteiger partial charge in [0.25, 0.3) is 0 Å². The number of pyridine rings is 1. The van der Waals surface area contributed by atoms with E-state index in [2.05, 4.69) is 55.2 Å². The third kappa shape index (κ3) is 3.07. The third-order valence-corrected chi connectivity index (χ3v) is 4.18. The smallest absolute Gasteiger partial charge is 0.130 e. The van der Waals surface area contributed by atoms with Gasteiger partial charge in [-0.3, -0.25) is 0 Å². The highest BCUT2D eigenvalue weighted by molar-refractivity contribution is 9.10. The van der Waals surface area contributed by atoms with Crippen LogP contribution in [0.4, 0.5) is 11.5 Å². The van der Waals surface area contributed by atoms with Crippen LogP contribution in [0.1, 0.15) is 11.1 Å². The SMILES string of the molecule is Cc1cc(Nc2ccc(C)c(Br)c2)ncc1Br. The van der Waals surface area contributed by atoms with Crippen molar-refractivity contribution >= 4 is 43.4 Å². The molecule has 1 heterocycles. The largest absolute Gasteiger partial charge is 0.340 e. The minimum Gasteiger partial charge on any atom is -0.340 e. The lowest BCUT2D eigenvalue weighted by molar-refractivity contribution is 1.25. The molecule has 1 N–H and O–H groups in total. The maximum Gasteiger partial charge on any atom is 0.130 e. The van der Waals surface area contributed by atoms with Gasteiger partial charge in [-0.05, 0) is 59.1 Å². The molecule has 0 aliphatic carbocycles. The van der Waals surface area contributed by atoms with Crippen molar-refractivity contribution in [2.75, 3.05) is 5.32 Å². The zero-order valence-corrected chi connectivity index (χ0v) is 12.8. The number of hydrogen-bond acceptors (Lipinski definition) is 2. The number of rotatable bonds is 2. The first-order valence-corrected chi connectivity index (χ1v) is 6.80. The van der Waals surface area contributed by atoms with E-state index in [0.29, 0.717) is 0 Å². The van der Waals surface area contributed by atoms with Crippen LogP contribution in [0.25, 0.3) is 0 Å². The number of hydrogen-bond donors (Lipinski definition) is 1. The van der Waals surface area contributed by atoms with Crippen molar-refractivity contribution in [2.45, 2.75) is 13.8 Å². The van der Waals surface area contributed by atoms with Crippen molar-refractivity contribution in [3.8, 4) is 0 Å². The Morgan fingerprint density at radius 1 is 1.00 bits per heavy atom. The summed E-state index contributed by atoms with van der Waals surface area (Å²) in [5.41, 5.74) is 3.40. The standard InChI is InChI=1S/C13H12Br2N2/c1-8-3-4-10(6-11(8)14)17-13-5-9(2)12(15)7-16-13/h3-7H,1-2H3,(H,16,17). The summed E-state index contributed by atoms with van der Waals surface area (Å²) >= 11 is 6.96. The molecule has 0 atom stereocenters. The lowest BCUT2D eigenvalue weighted by Gasteiger charge is -2.08. The van der Waals surface area contributed by atoms with Gasteiger partial charge in [0.05, 0.1) is 0 Å². The minimum atomic E-state index is 0.849. The molecule has 0 saturated carbocycles. The number of nitrogens with one attached hydrogen (secondary N) is 1. The number of nitrogens with zero attached hydrogens (tertiary/aromatic N) is 1. The Hall–Kier alpha value is -0.870. The van der Waals surface area contributed by atoms with Crippen LogP contribution >= 0.6 is 31.9 Å². The number of benzene rings is 1. The summed E-state index contributed by atoms with van der Waals surface area (Å²) in [4.78, 5) is 4.31. The molecule has 1 aromatic carbocycles. The first-order chi connectivity index (χ1) is 8.06. The molecule has 0 amide bonds. The average Bonchev–Trinajstić information content (AvgIpc) is 2.29. The van der Waals surface area contributed by atoms with Gasteiger partial charge in [-0.15, -0.1) is 0 Å². The van der Waals surface area contributed by atoms with Gasteiger partial charge in [0.15, 0.2) is 0 Å². The van der Waals surface area contributed by atoms with Crippen LogP contribution in [0, 0.1) is 13.8 Å². The van der Waals surface area contributed by atoms with Crippen LogP contribution in [-0.2, 0) is 0 Å². The second-order valence-corrected chi connectivity index (χ2v) is 5.62. The summed E-state index contributed by atoms with van der Waals surface area (Å²) in [6, 6.07) is 8.17. The fraction of sp³-hybridized carbons (Fsp3) is 0.154. The number of halogens is 2. The highest BCUT2D eigenvalue weighted by Gasteiger charge is 2.01. The summed E-state index contributed by atoms with van der Waals surface area (Å²) in [7, 11) is 0. The normalized spacial score (nSPS) is 10.4. The number of aromatic nitrogens is 1. The fourth-order valence-corrected chi connectivity index (χ4v) is 2.02. The van der Waals surface area contributed by atoms with Gasteiger partial charge in [0, 0.05) is 20.8 Å². The molecule has 4 heteroatoms. The van der Waals surface area contributed by atoms with Crippen LogP contribution in [0.3, 0.4) is 0 Å². The topological polar surface area (TPSA) is 24.9 Å². The lowest BCUT2D eigenvalue weighted by Crippen LogP contribution is -1.94. The Morgan fingerprint density at radius 3 is 2.41 bits per heavy atom. The second-order valence-electron chi connectivity index (χ2n) is 3.91. The monoisotopic (exact) mass is 354 g/mol. The van der Waals surface area contributed by atoms with Crippen molar-refractivity contribution in [2.24, 2.45) is 0 Å². The van der Waals surface area contributed by atoms with Gasteiger partial charge >= 0.3 is 0 Å². The molecular formula is C13H12Br2N2. The van der Waals surface area contributed by atoms with Crippen molar-refractivity contribution in [1.29, 1.82) is 0 Å². The number of anilines is 2. The highest BCUT2D eigenvalue weighted by Crippen LogP contribution is 2.24. The molecule has 2 rings (SSSR count). The van der Waals surface area contributed by atoms with Gasteiger partial charge in [0.2, 0.25) is 0 Å². The first kappa shape index (κ1) is 12.6. The Morgan fingerprint density at radius 2 is 1.76 bits per heavy atom. The maximum absolute atomic E-state index is 4.31. The summed E-state index contributed by atoms with van der Waals surface area (Å²) in [5, 5.41) is 3.28. The molecule has 0 aliphatic rings. The fourth-order valence-electron chi connectivity index (χ4n) is 1.43. The van der Waals surface area contributed by atoms with Crippen LogP contribution in [-0.4, -0.2) is 4.98 Å². The van der Waals surface area contributed by atoms with E-state index >= 15 is 0 Å². The molecule has 2 nitrogen and oxygen atoms in total. The Bertz CT molecular complexity index is 504. The third-order valence-electron chi connectivity index (χ3n) is 2.49. The highest BCUT2D eigenvalue weighted by atomic mass is 79.9. The van der Waals surface area contributed by atoms with E-state index in [1.54, 1.807) is 6.20 Å². The zero-order chi connectivity index (χ0) is 12.4. The van der Waals surface area contributed by atoms with Gasteiger partial charge in [-0.25, -0.2) is 4.98 Å². The molecule has 0 unspecified atom stereocenters. The predicted molar refractivity (Wildman–Crippen MR) is 78.8 cm³/mol. The van der Waals surface area contributed by atoms with E-state index < -0.39 is 0 Å². The molecule has 0 spiro atoms. The molecule has 17 heavy (non-hydrogen) atoms. The molecular weight excluding hydrogens is 344 g/mol. The minimum absolute atomic E-state index is 0.849. The van der Waals surface area contributed by atoms with Crippen molar-refractivity contribution in [1.82, 2.24) is 4.98 Å². The van der Waals surface area contributed by atoms with Crippen molar-refractivity contribution in [3.05, 3.63) is 50.5 Å². The Kier molecular flexibility index (Phi) is 3.84. The van der Waals surface area contributed by atoms with E-state index in [9.17, 15) is 0 Å². The lowest BCUT2D eigenvalue weighted by atomic mass is 10.2. The van der Waals surface area contributed by atoms with E-state index in [-0.39, 0.29) is 0 Å². The van der Waals surface area contributed by atoms with Crippen LogP contribution in [0.15, 0.2) is 39.4 Å². The first-order valence-electron chi connectivity index (χ1n) is 5.21. The quantitative estimate of drug-likeness (QED) is 0.822. The van der Waals surface area contributed by atoms with Gasteiger partial charge in [-0.2, -0.15) is 0 Å². The van der Waals surface area contributed by atoms with E-state index in [0.717, 1.165) is 26.0 Å². The van der Waals surface area contributed by atoms with Crippen LogP contribution < -0.4 is 5.32 Å². The Labute approximate surface area is 118 Å². The van der Waals surface area contributed by atoms with E-state index in [1.807, 2.05) is 25.1 Å². The Balaban J connectivity index is 2.25. The van der Waals surface area contributed by atoms with Gasteiger partial charge < -0.3 is 5.32 Å². The van der Waals surface area contributed by atoms with Gasteiger partial charge in [-0.1, -0.05) is 22.0 Å². The summed E-state index contributed by atoms with van der Waals surface area (Å²) in [6.45, 7) is 4.11.